The van der Waals surface area contributed by atoms with E-state index in [2.05, 4.69) is 0 Å². The molecule has 32 heavy (non-hydrogen) atoms. The molecule has 0 saturated heterocycles. The number of nitrogens with two attached hydrogens (primary N) is 1. The molecule has 0 aliphatic heterocycles. The van der Waals surface area contributed by atoms with Crippen LogP contribution in [0, 0.1) is 15.4 Å². The van der Waals surface area contributed by atoms with Crippen LogP contribution in [0.25, 0.3) is 5.76 Å². The number of Topliss-reactive ketones (excluding diaryl/α,β-unsaturated/α-hetero) is 2. The number of ketones is 2. The van der Waals surface area contributed by atoms with Crippen LogP contribution in [0.4, 0.5) is 0 Å². The maximum Gasteiger partial charge on any atom is 0.255 e. The van der Waals surface area contributed by atoms with Gasteiger partial charge in [-0.15, -0.1) is 0 Å². The van der Waals surface area contributed by atoms with Crippen molar-refractivity contribution in [1.82, 2.24) is 0 Å². The van der Waals surface area contributed by atoms with E-state index in [0.717, 1.165) is 0 Å². The summed E-state index contributed by atoms with van der Waals surface area (Å²) in [5.74, 6) is -6.54. The number of primary amides is 1. The Bertz CT molecular complexity index is 1200. The summed E-state index contributed by atoms with van der Waals surface area (Å²) in [6.07, 6.45) is 1.44. The van der Waals surface area contributed by atoms with Gasteiger partial charge in [0.15, 0.2) is 11.4 Å². The van der Waals surface area contributed by atoms with Crippen LogP contribution in [0.1, 0.15) is 29.5 Å². The van der Waals surface area contributed by atoms with E-state index < -0.39 is 62.8 Å². The van der Waals surface area contributed by atoms with Gasteiger partial charge >= 0.3 is 0 Å². The first kappa shape index (κ1) is 22.9. The van der Waals surface area contributed by atoms with Gasteiger partial charge in [-0.3, -0.25) is 18.6 Å². The zero-order chi connectivity index (χ0) is 23.7. The Kier molecular flexibility index (Phi) is 5.49. The summed E-state index contributed by atoms with van der Waals surface area (Å²) in [6, 6.07) is 1.67. The first-order valence-electron chi connectivity index (χ1n) is 9.70. The minimum atomic E-state index is -2.58. The molecule has 6 N–H and O–H groups in total. The van der Waals surface area contributed by atoms with Crippen LogP contribution < -0.4 is 5.73 Å². The van der Waals surface area contributed by atoms with Crippen molar-refractivity contribution in [3.8, 4) is 5.75 Å². The topological polar surface area (TPSA) is 175 Å². The summed E-state index contributed by atoms with van der Waals surface area (Å²) in [5, 5.41) is 43.6. The molecule has 4 atom stereocenters. The number of benzene rings is 1. The minimum absolute atomic E-state index is 0.0180. The highest BCUT2D eigenvalue weighted by atomic mass is 127. The molecule has 0 heterocycles. The number of phenolic OH excluding ortho intramolecular Hbond substituents is 1. The monoisotopic (exact) mass is 573 g/mol. The molecule has 0 spiro atoms. The molecule has 1 amide bonds. The van der Waals surface area contributed by atoms with E-state index in [1.54, 1.807) is 6.07 Å². The average Bonchev–Trinajstić information content (AvgIpc) is 2.68. The zero-order valence-corrected chi connectivity index (χ0v) is 19.8. The number of fused-ring (bicyclic) bond motifs is 3. The van der Waals surface area contributed by atoms with Crippen molar-refractivity contribution in [2.75, 3.05) is 6.26 Å². The lowest BCUT2D eigenvalue weighted by Crippen LogP contribution is -2.58. The third-order valence-corrected chi connectivity index (χ3v) is 8.13. The van der Waals surface area contributed by atoms with Crippen molar-refractivity contribution >= 4 is 56.6 Å². The Morgan fingerprint density at radius 2 is 1.94 bits per heavy atom. The van der Waals surface area contributed by atoms with E-state index in [-0.39, 0.29) is 41.9 Å². The summed E-state index contributed by atoms with van der Waals surface area (Å²) in [6.45, 7) is 0. The normalized spacial score (nSPS) is 28.2. The van der Waals surface area contributed by atoms with Gasteiger partial charge in [0.05, 0.1) is 11.3 Å². The van der Waals surface area contributed by atoms with Gasteiger partial charge in [-0.2, -0.15) is 0 Å². The molecule has 1 fully saturated rings. The average molecular weight is 573 g/mol. The number of carbonyl (C=O) groups excluding carboxylic acids is 3. The van der Waals surface area contributed by atoms with Crippen LogP contribution in [0.5, 0.6) is 5.75 Å². The summed E-state index contributed by atoms with van der Waals surface area (Å²) in [5.41, 5.74) is 2.52. The number of phenols is 1. The van der Waals surface area contributed by atoms with Crippen LogP contribution in [0.15, 0.2) is 23.0 Å². The predicted octanol–water partition coefficient (Wildman–Crippen LogP) is 0.907. The second kappa shape index (κ2) is 7.66. The van der Waals surface area contributed by atoms with Gasteiger partial charge < -0.3 is 26.2 Å². The van der Waals surface area contributed by atoms with Crippen molar-refractivity contribution in [3.05, 3.63) is 43.2 Å². The maximum absolute atomic E-state index is 13.4. The largest absolute Gasteiger partial charge is 0.508 e. The number of aliphatic hydroxyl groups excluding tert-OH is 2. The van der Waals surface area contributed by atoms with Crippen molar-refractivity contribution in [2.24, 2.45) is 17.6 Å². The zero-order valence-electron chi connectivity index (χ0n) is 16.8. The van der Waals surface area contributed by atoms with Gasteiger partial charge in [0.25, 0.3) is 5.91 Å². The smallest absolute Gasteiger partial charge is 0.255 e. The second-order valence-electron chi connectivity index (χ2n) is 8.34. The number of hydrogen-bond donors (Lipinski definition) is 5. The summed E-state index contributed by atoms with van der Waals surface area (Å²) < 4.78 is 12.4. The fourth-order valence-electron chi connectivity index (χ4n) is 5.02. The fourth-order valence-corrected chi connectivity index (χ4v) is 6.55. The molecule has 9 nitrogen and oxygen atoms in total. The van der Waals surface area contributed by atoms with E-state index in [0.29, 0.717) is 14.7 Å². The van der Waals surface area contributed by atoms with Gasteiger partial charge in [0.1, 0.15) is 22.8 Å². The Balaban J connectivity index is 1.93. The summed E-state index contributed by atoms with van der Waals surface area (Å²) in [7, 11) is -1.27. The van der Waals surface area contributed by atoms with E-state index in [1.165, 1.54) is 6.26 Å². The second-order valence-corrected chi connectivity index (χ2v) is 10.9. The third-order valence-electron chi connectivity index (χ3n) is 6.45. The molecule has 0 aromatic heterocycles. The molecule has 3 aliphatic rings. The van der Waals surface area contributed by atoms with E-state index in [1.807, 2.05) is 22.6 Å². The first-order valence-corrected chi connectivity index (χ1v) is 12.5. The van der Waals surface area contributed by atoms with Crippen molar-refractivity contribution in [3.63, 3.8) is 0 Å². The Morgan fingerprint density at radius 1 is 1.28 bits per heavy atom. The third kappa shape index (κ3) is 3.12. The highest BCUT2D eigenvalue weighted by Crippen LogP contribution is 2.52. The molecule has 4 rings (SSSR count). The lowest BCUT2D eigenvalue weighted by molar-refractivity contribution is -0.147. The fraction of sp³-hybridized carbons (Fsp3) is 0.381. The molecule has 1 saturated carbocycles. The summed E-state index contributed by atoms with van der Waals surface area (Å²) >= 11 is 2.04. The molecular formula is C21H20INO8S. The molecule has 0 bridgehead atoms. The van der Waals surface area contributed by atoms with E-state index in [4.69, 9.17) is 5.73 Å². The van der Waals surface area contributed by atoms with Crippen molar-refractivity contribution < 1.29 is 39.0 Å². The van der Waals surface area contributed by atoms with Crippen LogP contribution in [-0.4, -0.2) is 54.0 Å². The van der Waals surface area contributed by atoms with Crippen LogP contribution in [-0.2, 0) is 37.4 Å². The van der Waals surface area contributed by atoms with Crippen molar-refractivity contribution in [1.29, 1.82) is 0 Å². The number of rotatable bonds is 3. The Labute approximate surface area is 198 Å². The van der Waals surface area contributed by atoms with Gasteiger partial charge in [0.2, 0.25) is 5.78 Å². The molecule has 1 aromatic rings. The molecule has 0 radical (unpaired) electrons. The summed E-state index contributed by atoms with van der Waals surface area (Å²) in [4.78, 5) is 37.4. The van der Waals surface area contributed by atoms with Gasteiger partial charge in [-0.1, -0.05) is 0 Å². The highest BCUT2D eigenvalue weighted by molar-refractivity contribution is 14.1. The maximum atomic E-state index is 13.4. The van der Waals surface area contributed by atoms with E-state index in [9.17, 15) is 39.0 Å². The number of carbonyl (C=O) groups is 3. The first-order chi connectivity index (χ1) is 14.9. The number of aromatic hydroxyl groups is 1. The number of halogens is 1. The van der Waals surface area contributed by atoms with Crippen molar-refractivity contribution in [2.45, 2.75) is 30.6 Å². The number of aliphatic hydroxyl groups is 3. The lowest BCUT2D eigenvalue weighted by Gasteiger charge is -2.46. The molecule has 1 aromatic carbocycles. The van der Waals surface area contributed by atoms with Gasteiger partial charge in [-0.05, 0) is 53.0 Å². The molecule has 170 valence electrons. The molecule has 11 heteroatoms. The van der Waals surface area contributed by atoms with Crippen LogP contribution in [0.3, 0.4) is 0 Å². The molecular weight excluding hydrogens is 553 g/mol. The molecule has 3 aliphatic carbocycles. The van der Waals surface area contributed by atoms with E-state index >= 15 is 0 Å². The quantitative estimate of drug-likeness (QED) is 0.262. The lowest BCUT2D eigenvalue weighted by atomic mass is 9.59. The highest BCUT2D eigenvalue weighted by Gasteiger charge is 2.60. The minimum Gasteiger partial charge on any atom is -0.508 e. The van der Waals surface area contributed by atoms with Gasteiger partial charge in [-0.25, -0.2) is 0 Å². The number of amides is 1. The van der Waals surface area contributed by atoms with Gasteiger partial charge in [0, 0.05) is 44.1 Å². The van der Waals surface area contributed by atoms with Crippen LogP contribution >= 0.6 is 22.6 Å². The molecule has 4 unspecified atom stereocenters. The van der Waals surface area contributed by atoms with Crippen LogP contribution in [0.2, 0.25) is 0 Å². The number of hydrogen-bond acceptors (Lipinski definition) is 8. The SMILES string of the molecule is CS(=O)Cc1cc(I)c2c(c1O)C(O)=C1C(=O)C3(O)C(O)=C(C(N)=O)C(=O)CC3CC1C2. The standard InChI is InChI=1S/C21H20INO8S/c1-32(31)6-8-4-11(22)10-3-7-2-9-5-12(24)15(20(23)29)19(28)21(9,30)18(27)13(7)17(26)14(10)16(8)25/h4,7,9,25-26,28,30H,2-3,5-6H2,1H3,(H2,23,29). The Morgan fingerprint density at radius 3 is 2.53 bits per heavy atom. The Hall–Kier alpha value is -2.25. The predicted molar refractivity (Wildman–Crippen MR) is 122 cm³/mol.